The van der Waals surface area contributed by atoms with Crippen LogP contribution in [0.3, 0.4) is 0 Å². The molecule has 19 heavy (non-hydrogen) atoms. The summed E-state index contributed by atoms with van der Waals surface area (Å²) < 4.78 is 5.13. The van der Waals surface area contributed by atoms with E-state index in [1.807, 2.05) is 0 Å². The van der Waals surface area contributed by atoms with Crippen LogP contribution >= 0.6 is 0 Å². The van der Waals surface area contributed by atoms with Gasteiger partial charge in [0.1, 0.15) is 0 Å². The summed E-state index contributed by atoms with van der Waals surface area (Å²) in [6, 6.07) is -0.0723. The van der Waals surface area contributed by atoms with Gasteiger partial charge in [0, 0.05) is 46.6 Å². The van der Waals surface area contributed by atoms with Crippen molar-refractivity contribution < 1.29 is 19.4 Å². The summed E-state index contributed by atoms with van der Waals surface area (Å²) in [6.45, 7) is 5.04. The second kappa shape index (κ2) is 6.56. The van der Waals surface area contributed by atoms with E-state index in [2.05, 4.69) is 6.58 Å². The van der Waals surface area contributed by atoms with Crippen LogP contribution in [0.2, 0.25) is 0 Å². The minimum Gasteiger partial charge on any atom is -0.479 e. The van der Waals surface area contributed by atoms with Crippen LogP contribution in [0.25, 0.3) is 0 Å². The van der Waals surface area contributed by atoms with Crippen LogP contribution in [-0.2, 0) is 9.53 Å². The van der Waals surface area contributed by atoms with E-state index >= 15 is 0 Å². The molecular formula is C13H22N2O4. The van der Waals surface area contributed by atoms with Gasteiger partial charge in [0.2, 0.25) is 0 Å². The first kappa shape index (κ1) is 15.5. The molecule has 6 nitrogen and oxygen atoms in total. The lowest BCUT2D eigenvalue weighted by Gasteiger charge is -2.39. The predicted octanol–water partition coefficient (Wildman–Crippen LogP) is 1.18. The summed E-state index contributed by atoms with van der Waals surface area (Å²) in [4.78, 5) is 26.6. The highest BCUT2D eigenvalue weighted by atomic mass is 16.5. The Bertz CT molecular complexity index is 349. The maximum Gasteiger partial charge on any atom is 0.336 e. The Morgan fingerprint density at radius 1 is 1.47 bits per heavy atom. The average Bonchev–Trinajstić information content (AvgIpc) is 2.43. The first-order valence-electron chi connectivity index (χ1n) is 6.36. The number of carboxylic acids is 1. The van der Waals surface area contributed by atoms with Gasteiger partial charge >= 0.3 is 12.0 Å². The van der Waals surface area contributed by atoms with Crippen molar-refractivity contribution in [3.05, 3.63) is 12.7 Å². The number of likely N-dealkylation sites (tertiary alicyclic amines) is 1. The molecule has 1 heterocycles. The molecule has 0 aliphatic carbocycles. The number of piperidine rings is 1. The molecule has 0 aromatic rings. The number of carbonyl (C=O) groups excluding carboxylic acids is 1. The minimum absolute atomic E-state index is 0.0723. The van der Waals surface area contributed by atoms with Gasteiger partial charge in [-0.1, -0.05) is 6.08 Å². The third kappa shape index (κ3) is 3.47. The normalized spacial score (nSPS) is 17.9. The lowest BCUT2D eigenvalue weighted by Crippen LogP contribution is -2.54. The Balaban J connectivity index is 2.55. The fraction of sp³-hybridized carbons (Fsp3) is 0.692. The Labute approximate surface area is 113 Å². The molecule has 1 saturated heterocycles. The summed E-state index contributed by atoms with van der Waals surface area (Å²) in [5.74, 6) is -0.956. The Morgan fingerprint density at radius 2 is 2.05 bits per heavy atom. The number of hydrogen-bond acceptors (Lipinski definition) is 3. The molecular weight excluding hydrogens is 248 g/mol. The smallest absolute Gasteiger partial charge is 0.336 e. The largest absolute Gasteiger partial charge is 0.479 e. The molecule has 0 radical (unpaired) electrons. The monoisotopic (exact) mass is 270 g/mol. The SMILES string of the molecule is C=CCCN(C)C(=O)N1CCC(OC)(C(=O)O)CC1. The van der Waals surface area contributed by atoms with Crippen LogP contribution in [0.4, 0.5) is 4.79 Å². The van der Waals surface area contributed by atoms with Crippen LogP contribution in [0.5, 0.6) is 0 Å². The number of hydrogen-bond donors (Lipinski definition) is 1. The van der Waals surface area contributed by atoms with E-state index in [9.17, 15) is 14.7 Å². The number of methoxy groups -OCH3 is 1. The van der Waals surface area contributed by atoms with Gasteiger partial charge in [-0.2, -0.15) is 0 Å². The number of amides is 2. The van der Waals surface area contributed by atoms with Crippen molar-refractivity contribution in [2.24, 2.45) is 0 Å². The fourth-order valence-corrected chi connectivity index (χ4v) is 2.19. The van der Waals surface area contributed by atoms with E-state index < -0.39 is 11.6 Å². The summed E-state index contributed by atoms with van der Waals surface area (Å²) in [5.41, 5.74) is -1.14. The standard InChI is InChI=1S/C13H22N2O4/c1-4-5-8-14(2)12(18)15-9-6-13(19-3,7-10-15)11(16)17/h4H,1,5-10H2,2-3H3,(H,16,17). The maximum atomic E-state index is 12.1. The van der Waals surface area contributed by atoms with Crippen molar-refractivity contribution in [1.82, 2.24) is 9.80 Å². The molecule has 1 N–H and O–H groups in total. The molecule has 1 aliphatic rings. The molecule has 0 unspecified atom stereocenters. The minimum atomic E-state index is -1.14. The fourth-order valence-electron chi connectivity index (χ4n) is 2.19. The second-order valence-electron chi connectivity index (χ2n) is 4.77. The first-order valence-corrected chi connectivity index (χ1v) is 6.36. The van der Waals surface area contributed by atoms with Gasteiger partial charge in [0.25, 0.3) is 0 Å². The number of nitrogens with zero attached hydrogens (tertiary/aromatic N) is 2. The first-order chi connectivity index (χ1) is 8.96. The van der Waals surface area contributed by atoms with E-state index in [1.54, 1.807) is 22.9 Å². The number of urea groups is 1. The number of rotatable bonds is 5. The van der Waals surface area contributed by atoms with Crippen molar-refractivity contribution in [3.63, 3.8) is 0 Å². The van der Waals surface area contributed by atoms with E-state index in [-0.39, 0.29) is 6.03 Å². The Morgan fingerprint density at radius 3 is 2.47 bits per heavy atom. The quantitative estimate of drug-likeness (QED) is 0.762. The molecule has 6 heteroatoms. The van der Waals surface area contributed by atoms with Gasteiger partial charge in [-0.3, -0.25) is 0 Å². The van der Waals surface area contributed by atoms with Gasteiger partial charge in [0.05, 0.1) is 0 Å². The lowest BCUT2D eigenvalue weighted by molar-refractivity contribution is -0.167. The molecule has 1 rings (SSSR count). The summed E-state index contributed by atoms with van der Waals surface area (Å²) in [6.07, 6.45) is 3.15. The van der Waals surface area contributed by atoms with Crippen molar-refractivity contribution in [2.45, 2.75) is 24.9 Å². The van der Waals surface area contributed by atoms with Gasteiger partial charge in [-0.15, -0.1) is 6.58 Å². The molecule has 0 aromatic carbocycles. The molecule has 0 bridgehead atoms. The molecule has 1 aliphatic heterocycles. The van der Waals surface area contributed by atoms with Gasteiger partial charge in [0.15, 0.2) is 5.60 Å². The average molecular weight is 270 g/mol. The van der Waals surface area contributed by atoms with Crippen molar-refractivity contribution in [2.75, 3.05) is 33.8 Å². The van der Waals surface area contributed by atoms with Gasteiger partial charge < -0.3 is 19.6 Å². The molecule has 2 amide bonds. The van der Waals surface area contributed by atoms with E-state index in [4.69, 9.17) is 4.74 Å². The Hall–Kier alpha value is -1.56. The van der Waals surface area contributed by atoms with Crippen LogP contribution in [0.1, 0.15) is 19.3 Å². The lowest BCUT2D eigenvalue weighted by atomic mass is 9.91. The zero-order chi connectivity index (χ0) is 14.5. The summed E-state index contributed by atoms with van der Waals surface area (Å²) in [5, 5.41) is 9.19. The van der Waals surface area contributed by atoms with Crippen molar-refractivity contribution in [3.8, 4) is 0 Å². The zero-order valence-corrected chi connectivity index (χ0v) is 11.6. The maximum absolute atomic E-state index is 12.1. The van der Waals surface area contributed by atoms with Crippen LogP contribution in [0.15, 0.2) is 12.7 Å². The third-order valence-electron chi connectivity index (χ3n) is 3.62. The third-order valence-corrected chi connectivity index (χ3v) is 3.62. The molecule has 1 fully saturated rings. The van der Waals surface area contributed by atoms with E-state index in [1.165, 1.54) is 7.11 Å². The molecule has 0 atom stereocenters. The number of carbonyl (C=O) groups is 2. The van der Waals surface area contributed by atoms with Crippen LogP contribution in [0, 0.1) is 0 Å². The zero-order valence-electron chi connectivity index (χ0n) is 11.6. The summed E-state index contributed by atoms with van der Waals surface area (Å²) in [7, 11) is 3.14. The van der Waals surface area contributed by atoms with E-state index in [0.717, 1.165) is 6.42 Å². The van der Waals surface area contributed by atoms with Gasteiger partial charge in [-0.25, -0.2) is 9.59 Å². The number of aliphatic carboxylic acids is 1. The predicted molar refractivity (Wildman–Crippen MR) is 71.0 cm³/mol. The van der Waals surface area contributed by atoms with Crippen LogP contribution in [-0.4, -0.2) is 66.3 Å². The van der Waals surface area contributed by atoms with Crippen molar-refractivity contribution in [1.29, 1.82) is 0 Å². The van der Waals surface area contributed by atoms with Crippen LogP contribution < -0.4 is 0 Å². The highest BCUT2D eigenvalue weighted by Crippen LogP contribution is 2.26. The highest BCUT2D eigenvalue weighted by molar-refractivity contribution is 5.79. The highest BCUT2D eigenvalue weighted by Gasteiger charge is 2.42. The Kier molecular flexibility index (Phi) is 5.35. The van der Waals surface area contributed by atoms with Gasteiger partial charge in [-0.05, 0) is 6.42 Å². The number of ether oxygens (including phenoxy) is 1. The molecule has 0 spiro atoms. The topological polar surface area (TPSA) is 70.1 Å². The number of carboxylic acid groups (broad SMARTS) is 1. The molecule has 0 saturated carbocycles. The second-order valence-corrected chi connectivity index (χ2v) is 4.77. The van der Waals surface area contributed by atoms with E-state index in [0.29, 0.717) is 32.5 Å². The molecule has 108 valence electrons. The summed E-state index contributed by atoms with van der Waals surface area (Å²) >= 11 is 0. The van der Waals surface area contributed by atoms with Crippen molar-refractivity contribution >= 4 is 12.0 Å². The molecule has 0 aromatic heterocycles.